The summed E-state index contributed by atoms with van der Waals surface area (Å²) >= 11 is 11.4. The Balaban J connectivity index is 2.28. The van der Waals surface area contributed by atoms with E-state index < -0.39 is 5.82 Å². The van der Waals surface area contributed by atoms with E-state index in [-0.39, 0.29) is 16.0 Å². The van der Waals surface area contributed by atoms with Gasteiger partial charge in [0.25, 0.3) is 0 Å². The molecule has 1 aromatic heterocycles. The summed E-state index contributed by atoms with van der Waals surface area (Å²) in [4.78, 5) is 7.88. The maximum absolute atomic E-state index is 13.2. The van der Waals surface area contributed by atoms with E-state index in [1.54, 1.807) is 6.07 Å². The van der Waals surface area contributed by atoms with E-state index in [0.29, 0.717) is 11.5 Å². The molecule has 18 heavy (non-hydrogen) atoms. The van der Waals surface area contributed by atoms with Gasteiger partial charge in [0.1, 0.15) is 5.82 Å². The average molecular weight is 288 g/mol. The number of hydrazine groups is 1. The van der Waals surface area contributed by atoms with Crippen LogP contribution in [0.15, 0.2) is 24.4 Å². The number of hydrogen-bond acceptors (Lipinski definition) is 5. The zero-order valence-electron chi connectivity index (χ0n) is 8.92. The normalized spacial score (nSPS) is 10.2. The van der Waals surface area contributed by atoms with Crippen molar-refractivity contribution in [3.8, 4) is 0 Å². The van der Waals surface area contributed by atoms with Gasteiger partial charge >= 0.3 is 0 Å². The fourth-order valence-electron chi connectivity index (χ4n) is 1.27. The first-order chi connectivity index (χ1) is 8.60. The molecule has 0 aliphatic rings. The first kappa shape index (κ1) is 12.8. The van der Waals surface area contributed by atoms with Crippen LogP contribution in [-0.2, 0) is 0 Å². The number of nitrogens with two attached hydrogens (primary N) is 1. The molecule has 1 heterocycles. The van der Waals surface area contributed by atoms with Gasteiger partial charge in [-0.15, -0.1) is 0 Å². The highest BCUT2D eigenvalue weighted by atomic mass is 35.5. The molecule has 0 fully saturated rings. The third-order valence-corrected chi connectivity index (χ3v) is 2.59. The summed E-state index contributed by atoms with van der Waals surface area (Å²) in [6.45, 7) is 0. The first-order valence-electron chi connectivity index (χ1n) is 4.81. The number of rotatable bonds is 3. The van der Waals surface area contributed by atoms with Crippen LogP contribution >= 0.6 is 23.2 Å². The number of nitrogens with one attached hydrogen (secondary N) is 2. The van der Waals surface area contributed by atoms with Gasteiger partial charge in [-0.3, -0.25) is 5.43 Å². The Labute approximate surface area is 112 Å². The van der Waals surface area contributed by atoms with Gasteiger partial charge in [-0.2, -0.15) is 4.98 Å². The van der Waals surface area contributed by atoms with E-state index in [4.69, 9.17) is 29.0 Å². The van der Waals surface area contributed by atoms with Crippen LogP contribution in [0.1, 0.15) is 0 Å². The van der Waals surface area contributed by atoms with Crippen molar-refractivity contribution in [2.45, 2.75) is 0 Å². The lowest BCUT2D eigenvalue weighted by atomic mass is 10.3. The van der Waals surface area contributed by atoms with Gasteiger partial charge in [0, 0.05) is 11.9 Å². The van der Waals surface area contributed by atoms with Crippen LogP contribution in [0.2, 0.25) is 10.0 Å². The lowest BCUT2D eigenvalue weighted by Crippen LogP contribution is -2.10. The molecule has 1 aromatic carbocycles. The van der Waals surface area contributed by atoms with Crippen LogP contribution in [0, 0.1) is 5.82 Å². The Morgan fingerprint density at radius 2 is 1.89 bits per heavy atom. The Morgan fingerprint density at radius 1 is 1.22 bits per heavy atom. The zero-order chi connectivity index (χ0) is 13.1. The van der Waals surface area contributed by atoms with Crippen LogP contribution < -0.4 is 16.6 Å². The fraction of sp³-hybridized carbons (Fsp3) is 0. The van der Waals surface area contributed by atoms with E-state index in [2.05, 4.69) is 20.7 Å². The summed E-state index contributed by atoms with van der Waals surface area (Å²) in [5, 5.41) is 2.76. The van der Waals surface area contributed by atoms with Gasteiger partial charge in [-0.25, -0.2) is 15.2 Å². The second-order valence-electron chi connectivity index (χ2n) is 3.29. The van der Waals surface area contributed by atoms with E-state index >= 15 is 0 Å². The predicted molar refractivity (Wildman–Crippen MR) is 69.5 cm³/mol. The smallest absolute Gasteiger partial charge is 0.239 e. The molecule has 94 valence electrons. The van der Waals surface area contributed by atoms with E-state index in [9.17, 15) is 4.39 Å². The molecule has 0 bridgehead atoms. The highest BCUT2D eigenvalue weighted by Gasteiger charge is 2.08. The number of anilines is 3. The van der Waals surface area contributed by atoms with Gasteiger partial charge in [0.2, 0.25) is 5.95 Å². The SMILES string of the molecule is NNc1nccc(Nc2cc(Cl)c(F)c(Cl)c2)n1. The average Bonchev–Trinajstić information content (AvgIpc) is 2.36. The van der Waals surface area contributed by atoms with Crippen LogP contribution in [0.4, 0.5) is 21.8 Å². The second kappa shape index (κ2) is 5.34. The number of hydrogen-bond donors (Lipinski definition) is 3. The van der Waals surface area contributed by atoms with Crippen LogP contribution in [0.5, 0.6) is 0 Å². The maximum atomic E-state index is 13.2. The molecule has 0 saturated carbocycles. The Bertz CT molecular complexity index is 555. The summed E-state index contributed by atoms with van der Waals surface area (Å²) in [6.07, 6.45) is 1.51. The summed E-state index contributed by atoms with van der Waals surface area (Å²) in [6, 6.07) is 4.42. The monoisotopic (exact) mass is 287 g/mol. The van der Waals surface area contributed by atoms with E-state index in [0.717, 1.165) is 0 Å². The molecule has 0 aliphatic heterocycles. The predicted octanol–water partition coefficient (Wildman–Crippen LogP) is 2.95. The van der Waals surface area contributed by atoms with E-state index in [1.807, 2.05) is 0 Å². The third-order valence-electron chi connectivity index (χ3n) is 2.04. The molecule has 0 unspecified atom stereocenters. The summed E-state index contributed by atoms with van der Waals surface area (Å²) in [7, 11) is 0. The molecular formula is C10H8Cl2FN5. The fourth-order valence-corrected chi connectivity index (χ4v) is 1.76. The quantitative estimate of drug-likeness (QED) is 0.460. The summed E-state index contributed by atoms with van der Waals surface area (Å²) < 4.78 is 13.2. The topological polar surface area (TPSA) is 75.9 Å². The zero-order valence-corrected chi connectivity index (χ0v) is 10.4. The van der Waals surface area contributed by atoms with Gasteiger partial charge < -0.3 is 5.32 Å². The van der Waals surface area contributed by atoms with Gasteiger partial charge in [0.05, 0.1) is 10.0 Å². The lowest BCUT2D eigenvalue weighted by molar-refractivity contribution is 0.629. The molecule has 2 rings (SSSR count). The third kappa shape index (κ3) is 2.79. The second-order valence-corrected chi connectivity index (χ2v) is 4.10. The van der Waals surface area contributed by atoms with Gasteiger partial charge in [0.15, 0.2) is 5.82 Å². The van der Waals surface area contributed by atoms with Crippen molar-refractivity contribution in [1.29, 1.82) is 0 Å². The lowest BCUT2D eigenvalue weighted by Gasteiger charge is -2.08. The highest BCUT2D eigenvalue weighted by molar-refractivity contribution is 6.35. The molecule has 0 saturated heterocycles. The first-order valence-corrected chi connectivity index (χ1v) is 5.57. The summed E-state index contributed by atoms with van der Waals surface area (Å²) in [5.74, 6) is 5.25. The van der Waals surface area contributed by atoms with Crippen molar-refractivity contribution < 1.29 is 4.39 Å². The Hall–Kier alpha value is -1.63. The minimum absolute atomic E-state index is 0.0729. The van der Waals surface area contributed by atoms with Crippen molar-refractivity contribution in [3.05, 3.63) is 40.3 Å². The number of nitrogens with zero attached hydrogens (tertiary/aromatic N) is 2. The highest BCUT2D eigenvalue weighted by Crippen LogP contribution is 2.28. The molecule has 0 radical (unpaired) electrons. The van der Waals surface area contributed by atoms with Crippen molar-refractivity contribution in [3.63, 3.8) is 0 Å². The Morgan fingerprint density at radius 3 is 2.50 bits per heavy atom. The van der Waals surface area contributed by atoms with Crippen LogP contribution in [-0.4, -0.2) is 9.97 Å². The molecule has 5 nitrogen and oxygen atoms in total. The maximum Gasteiger partial charge on any atom is 0.239 e. The van der Waals surface area contributed by atoms with Gasteiger partial charge in [-0.05, 0) is 18.2 Å². The number of benzene rings is 1. The van der Waals surface area contributed by atoms with Crippen molar-refractivity contribution in [2.75, 3.05) is 10.7 Å². The standard InChI is InChI=1S/C10H8Cl2FN5/c11-6-3-5(4-7(12)9(6)13)16-8-1-2-15-10(17-8)18-14/h1-4H,14H2,(H2,15,16,17,18). The number of aromatic nitrogens is 2. The van der Waals surface area contributed by atoms with Crippen LogP contribution in [0.3, 0.4) is 0 Å². The van der Waals surface area contributed by atoms with Gasteiger partial charge in [-0.1, -0.05) is 23.2 Å². The molecule has 0 spiro atoms. The molecule has 0 amide bonds. The number of nitrogen functional groups attached to an aromatic ring is 1. The molecule has 0 atom stereocenters. The van der Waals surface area contributed by atoms with E-state index in [1.165, 1.54) is 18.3 Å². The number of halogens is 3. The van der Waals surface area contributed by atoms with Crippen molar-refractivity contribution >= 4 is 40.7 Å². The molecule has 4 N–H and O–H groups in total. The summed E-state index contributed by atoms with van der Waals surface area (Å²) in [5.41, 5.74) is 2.82. The van der Waals surface area contributed by atoms with Crippen molar-refractivity contribution in [2.24, 2.45) is 5.84 Å². The molecule has 8 heteroatoms. The molecule has 0 aliphatic carbocycles. The van der Waals surface area contributed by atoms with Crippen molar-refractivity contribution in [1.82, 2.24) is 9.97 Å². The van der Waals surface area contributed by atoms with Crippen LogP contribution in [0.25, 0.3) is 0 Å². The molecular weight excluding hydrogens is 280 g/mol. The Kier molecular flexibility index (Phi) is 3.81. The minimum atomic E-state index is -0.657. The molecule has 2 aromatic rings. The largest absolute Gasteiger partial charge is 0.340 e. The minimum Gasteiger partial charge on any atom is -0.340 e.